The summed E-state index contributed by atoms with van der Waals surface area (Å²) in [5, 5.41) is 0.378. The van der Waals surface area contributed by atoms with Crippen LogP contribution < -0.4 is 9.47 Å². The van der Waals surface area contributed by atoms with Crippen LogP contribution in [0.4, 0.5) is 0 Å². The lowest BCUT2D eigenvalue weighted by molar-refractivity contribution is -0.136. The zero-order chi connectivity index (χ0) is 18.2. The van der Waals surface area contributed by atoms with Gasteiger partial charge in [-0.3, -0.25) is 0 Å². The van der Waals surface area contributed by atoms with Crippen LogP contribution in [0.2, 0.25) is 5.02 Å². The van der Waals surface area contributed by atoms with Crippen molar-refractivity contribution >= 4 is 39.5 Å². The van der Waals surface area contributed by atoms with E-state index >= 15 is 0 Å². The summed E-state index contributed by atoms with van der Waals surface area (Å²) in [6.07, 6.45) is 0.733. The van der Waals surface area contributed by atoms with E-state index in [-0.39, 0.29) is 12.4 Å². The highest BCUT2D eigenvalue weighted by Crippen LogP contribution is 2.27. The first kappa shape index (κ1) is 19.3. The molecule has 0 unspecified atom stereocenters. The fraction of sp³-hybridized carbons (Fsp3) is 0.222. The largest absolute Gasteiger partial charge is 0.480 e. The maximum Gasteiger partial charge on any atom is 0.349 e. The molecule has 0 atom stereocenters. The molecule has 0 heterocycles. The van der Waals surface area contributed by atoms with Crippen molar-refractivity contribution in [3.05, 3.63) is 57.5 Å². The number of carbonyl (C=O) groups is 2. The van der Waals surface area contributed by atoms with Gasteiger partial charge in [-0.15, -0.1) is 0 Å². The highest BCUT2D eigenvalue weighted by molar-refractivity contribution is 9.10. The molecule has 0 aliphatic heterocycles. The summed E-state index contributed by atoms with van der Waals surface area (Å²) in [5.41, 5.74) is 0.315. The minimum atomic E-state index is -0.613. The van der Waals surface area contributed by atoms with Crippen LogP contribution in [0.15, 0.2) is 46.9 Å². The number of carbonyl (C=O) groups excluding carboxylic acids is 2. The Kier molecular flexibility index (Phi) is 7.28. The van der Waals surface area contributed by atoms with E-state index in [1.165, 1.54) is 6.07 Å². The van der Waals surface area contributed by atoms with Gasteiger partial charge in [0.2, 0.25) is 0 Å². The van der Waals surface area contributed by atoms with Crippen molar-refractivity contribution < 1.29 is 23.8 Å². The minimum Gasteiger partial charge on any atom is -0.480 e. The van der Waals surface area contributed by atoms with Crippen molar-refractivity contribution in [2.75, 3.05) is 13.2 Å². The van der Waals surface area contributed by atoms with Crippen LogP contribution in [0.3, 0.4) is 0 Å². The zero-order valence-electron chi connectivity index (χ0n) is 13.5. The topological polar surface area (TPSA) is 61.8 Å². The molecule has 0 radical (unpaired) electrons. The number of ether oxygens (including phenoxy) is 3. The van der Waals surface area contributed by atoms with Gasteiger partial charge in [-0.2, -0.15) is 0 Å². The number of benzene rings is 2. The molecular formula is C18H16BrClO5. The Morgan fingerprint density at radius 3 is 2.68 bits per heavy atom. The van der Waals surface area contributed by atoms with Gasteiger partial charge in [-0.05, 0) is 42.8 Å². The van der Waals surface area contributed by atoms with E-state index in [9.17, 15) is 9.59 Å². The van der Waals surface area contributed by atoms with Gasteiger partial charge in [0, 0.05) is 4.47 Å². The molecule has 132 valence electrons. The third kappa shape index (κ3) is 6.07. The van der Waals surface area contributed by atoms with E-state index < -0.39 is 11.9 Å². The van der Waals surface area contributed by atoms with Crippen LogP contribution in [-0.2, 0) is 9.53 Å². The molecule has 0 aromatic heterocycles. The molecule has 0 bridgehead atoms. The van der Waals surface area contributed by atoms with E-state index in [0.29, 0.717) is 22.9 Å². The van der Waals surface area contributed by atoms with E-state index in [1.54, 1.807) is 36.4 Å². The fourth-order valence-corrected chi connectivity index (χ4v) is 2.58. The van der Waals surface area contributed by atoms with Crippen molar-refractivity contribution in [2.24, 2.45) is 0 Å². The number of hydrogen-bond acceptors (Lipinski definition) is 5. The van der Waals surface area contributed by atoms with Crippen molar-refractivity contribution in [1.29, 1.82) is 0 Å². The predicted octanol–water partition coefficient (Wildman–Crippen LogP) is 4.65. The Balaban J connectivity index is 1.93. The molecule has 2 rings (SSSR count). The quantitative estimate of drug-likeness (QED) is 0.475. The molecule has 0 N–H and O–H groups in total. The lowest BCUT2D eigenvalue weighted by Crippen LogP contribution is -2.18. The molecule has 0 amide bonds. The predicted molar refractivity (Wildman–Crippen MR) is 97.3 cm³/mol. The van der Waals surface area contributed by atoms with Crippen molar-refractivity contribution in [3.8, 4) is 11.5 Å². The summed E-state index contributed by atoms with van der Waals surface area (Å²) >= 11 is 9.30. The number of esters is 2. The summed E-state index contributed by atoms with van der Waals surface area (Å²) in [6.45, 7) is 1.93. The molecule has 25 heavy (non-hydrogen) atoms. The van der Waals surface area contributed by atoms with Gasteiger partial charge < -0.3 is 14.2 Å². The van der Waals surface area contributed by atoms with E-state index in [0.717, 1.165) is 10.9 Å². The third-order valence-electron chi connectivity index (χ3n) is 2.98. The normalized spacial score (nSPS) is 10.2. The average Bonchev–Trinajstić information content (AvgIpc) is 2.59. The summed E-state index contributed by atoms with van der Waals surface area (Å²) in [7, 11) is 0. The molecule has 2 aromatic carbocycles. The Labute approximate surface area is 159 Å². The standard InChI is InChI=1S/C18H16BrClO5/c1-2-8-23-18(22)12-4-3-5-14(9-12)25-17(21)11-24-16-7-6-13(19)10-15(16)20/h3-7,9-10H,2,8,11H2,1H3. The first-order valence-electron chi connectivity index (χ1n) is 7.55. The second-order valence-corrected chi connectivity index (χ2v) is 6.32. The van der Waals surface area contributed by atoms with Gasteiger partial charge in [-0.25, -0.2) is 9.59 Å². The molecule has 0 aliphatic carbocycles. The number of halogens is 2. The van der Waals surface area contributed by atoms with Crippen molar-refractivity contribution in [2.45, 2.75) is 13.3 Å². The summed E-state index contributed by atoms with van der Waals surface area (Å²) in [6, 6.07) is 11.3. The van der Waals surface area contributed by atoms with E-state index in [4.69, 9.17) is 25.8 Å². The monoisotopic (exact) mass is 426 g/mol. The Bertz CT molecular complexity index is 763. The maximum atomic E-state index is 11.9. The van der Waals surface area contributed by atoms with E-state index in [1.807, 2.05) is 6.92 Å². The smallest absolute Gasteiger partial charge is 0.349 e. The first-order valence-corrected chi connectivity index (χ1v) is 8.72. The van der Waals surface area contributed by atoms with Gasteiger partial charge in [-0.1, -0.05) is 40.5 Å². The maximum absolute atomic E-state index is 11.9. The summed E-state index contributed by atoms with van der Waals surface area (Å²) in [4.78, 5) is 23.7. The molecule has 0 saturated carbocycles. The molecule has 0 saturated heterocycles. The number of rotatable bonds is 7. The van der Waals surface area contributed by atoms with Gasteiger partial charge in [0.15, 0.2) is 6.61 Å². The van der Waals surface area contributed by atoms with Crippen molar-refractivity contribution in [1.82, 2.24) is 0 Å². The highest BCUT2D eigenvalue weighted by Gasteiger charge is 2.12. The Hall–Kier alpha value is -2.05. The SMILES string of the molecule is CCCOC(=O)c1cccc(OC(=O)COc2ccc(Br)cc2Cl)c1. The second kappa shape index (κ2) is 9.44. The fourth-order valence-electron chi connectivity index (χ4n) is 1.85. The second-order valence-electron chi connectivity index (χ2n) is 5.00. The highest BCUT2D eigenvalue weighted by atomic mass is 79.9. The molecule has 7 heteroatoms. The van der Waals surface area contributed by atoms with Crippen LogP contribution in [0.25, 0.3) is 0 Å². The first-order chi connectivity index (χ1) is 12.0. The lowest BCUT2D eigenvalue weighted by atomic mass is 10.2. The van der Waals surface area contributed by atoms with Crippen LogP contribution in [0.1, 0.15) is 23.7 Å². The van der Waals surface area contributed by atoms with Crippen LogP contribution in [0.5, 0.6) is 11.5 Å². The molecular weight excluding hydrogens is 412 g/mol. The molecule has 2 aromatic rings. The van der Waals surface area contributed by atoms with Crippen LogP contribution in [-0.4, -0.2) is 25.2 Å². The molecule has 0 spiro atoms. The summed E-state index contributed by atoms with van der Waals surface area (Å²) in [5.74, 6) is -0.462. The minimum absolute atomic E-state index is 0.237. The van der Waals surface area contributed by atoms with Crippen molar-refractivity contribution in [3.63, 3.8) is 0 Å². The third-order valence-corrected chi connectivity index (χ3v) is 3.77. The molecule has 5 nitrogen and oxygen atoms in total. The summed E-state index contributed by atoms with van der Waals surface area (Å²) < 4.78 is 16.4. The zero-order valence-corrected chi connectivity index (χ0v) is 15.8. The van der Waals surface area contributed by atoms with Gasteiger partial charge >= 0.3 is 11.9 Å². The average molecular weight is 428 g/mol. The van der Waals surface area contributed by atoms with Crippen LogP contribution in [0, 0.1) is 0 Å². The van der Waals surface area contributed by atoms with Gasteiger partial charge in [0.05, 0.1) is 17.2 Å². The Morgan fingerprint density at radius 1 is 1.16 bits per heavy atom. The van der Waals surface area contributed by atoms with E-state index in [2.05, 4.69) is 15.9 Å². The molecule has 0 fully saturated rings. The molecule has 0 aliphatic rings. The van der Waals surface area contributed by atoms with Crippen LogP contribution >= 0.6 is 27.5 Å². The van der Waals surface area contributed by atoms with Gasteiger partial charge in [0.25, 0.3) is 0 Å². The Morgan fingerprint density at radius 2 is 1.96 bits per heavy atom. The van der Waals surface area contributed by atoms with Gasteiger partial charge in [0.1, 0.15) is 11.5 Å². The number of hydrogen-bond donors (Lipinski definition) is 0. The lowest BCUT2D eigenvalue weighted by Gasteiger charge is -2.09.